The first kappa shape index (κ1) is 27.9. The number of carbonyl (C=O) groups is 2. The largest absolute Gasteiger partial charge is 0.390 e. The molecule has 0 bridgehead atoms. The number of hydrogen-bond donors (Lipinski definition) is 4. The van der Waals surface area contributed by atoms with Gasteiger partial charge >= 0.3 is 0 Å². The highest BCUT2D eigenvalue weighted by Crippen LogP contribution is 2.26. The highest BCUT2D eigenvalue weighted by atomic mass is 32.2. The van der Waals surface area contributed by atoms with Crippen LogP contribution in [0.25, 0.3) is 0 Å². The molecule has 2 amide bonds. The highest BCUT2D eigenvalue weighted by Gasteiger charge is 2.30. The lowest BCUT2D eigenvalue weighted by molar-refractivity contribution is -0.125. The van der Waals surface area contributed by atoms with E-state index in [9.17, 15) is 19.8 Å². The zero-order chi connectivity index (χ0) is 26.7. The third-order valence-corrected chi connectivity index (χ3v) is 7.67. The molecule has 1 fully saturated rings. The van der Waals surface area contributed by atoms with Crippen LogP contribution in [0.2, 0.25) is 0 Å². The summed E-state index contributed by atoms with van der Waals surface area (Å²) in [4.78, 5) is 26.6. The minimum absolute atomic E-state index is 0.280. The third-order valence-electron chi connectivity index (χ3n) is 6.56. The second kappa shape index (κ2) is 14.1. The van der Waals surface area contributed by atoms with E-state index >= 15 is 0 Å². The molecule has 8 heteroatoms. The molecule has 3 aromatic rings. The van der Waals surface area contributed by atoms with Crippen molar-refractivity contribution in [3.05, 3.63) is 102 Å². The average Bonchev–Trinajstić information content (AvgIpc) is 3.45. The van der Waals surface area contributed by atoms with Gasteiger partial charge < -0.3 is 20.8 Å². The number of aliphatic hydroxyl groups is 2. The lowest BCUT2D eigenvalue weighted by Crippen LogP contribution is -2.50. The fraction of sp³-hybridized carbons (Fsp3) is 0.333. The van der Waals surface area contributed by atoms with E-state index in [2.05, 4.69) is 14.9 Å². The Kier molecular flexibility index (Phi) is 10.3. The predicted octanol–water partition coefficient (Wildman–Crippen LogP) is 3.56. The van der Waals surface area contributed by atoms with Crippen molar-refractivity contribution in [3.8, 4) is 0 Å². The van der Waals surface area contributed by atoms with Crippen LogP contribution in [0.15, 0.2) is 89.8 Å². The summed E-state index contributed by atoms with van der Waals surface area (Å²) in [6.07, 6.45) is -0.250. The number of aliphatic hydroxyl groups excluding tert-OH is 2. The van der Waals surface area contributed by atoms with Gasteiger partial charge in [-0.3, -0.25) is 9.59 Å². The lowest BCUT2D eigenvalue weighted by atomic mass is 9.95. The van der Waals surface area contributed by atoms with Crippen LogP contribution in [0.1, 0.15) is 40.7 Å². The number of benzene rings is 3. The second-order valence-electron chi connectivity index (χ2n) is 9.55. The van der Waals surface area contributed by atoms with Crippen molar-refractivity contribution in [1.82, 2.24) is 14.9 Å². The number of hydrogen-bond acceptors (Lipinski definition) is 6. The molecule has 0 radical (unpaired) electrons. The quantitative estimate of drug-likeness (QED) is 0.266. The Morgan fingerprint density at radius 1 is 0.842 bits per heavy atom. The first-order chi connectivity index (χ1) is 18.5. The topological polar surface area (TPSA) is 102 Å². The minimum atomic E-state index is -1.35. The summed E-state index contributed by atoms with van der Waals surface area (Å²) in [6.45, 7) is 2.47. The van der Waals surface area contributed by atoms with Gasteiger partial charge in [-0.2, -0.15) is 0 Å². The standard InChI is InChI=1S/C30H35N3O4S/c34-27(20-28(35)31-21-23-11-5-2-6-12-23)29(36)26(19-22-9-3-1-4-10-22)32-30(37)24-13-15-25(16-14-24)38-33-17-7-8-18-33/h1-6,9-16,26-27,29,34,36H,7-8,17-21H2,(H,31,35)(H,32,37)/t26-,27+,29+/m0/s1. The summed E-state index contributed by atoms with van der Waals surface area (Å²) >= 11 is 1.69. The Balaban J connectivity index is 1.37. The van der Waals surface area contributed by atoms with Crippen LogP contribution in [0, 0.1) is 0 Å². The molecule has 0 aromatic heterocycles. The number of amides is 2. The molecular weight excluding hydrogens is 498 g/mol. The van der Waals surface area contributed by atoms with Gasteiger partial charge in [0.25, 0.3) is 5.91 Å². The molecule has 200 valence electrons. The third kappa shape index (κ3) is 8.43. The van der Waals surface area contributed by atoms with E-state index in [0.717, 1.165) is 29.1 Å². The van der Waals surface area contributed by atoms with E-state index in [1.54, 1.807) is 24.1 Å². The summed E-state index contributed by atoms with van der Waals surface area (Å²) in [5.41, 5.74) is 2.31. The molecule has 3 atom stereocenters. The van der Waals surface area contributed by atoms with Crippen molar-refractivity contribution in [2.75, 3.05) is 13.1 Å². The van der Waals surface area contributed by atoms with E-state index < -0.39 is 18.2 Å². The van der Waals surface area contributed by atoms with Crippen molar-refractivity contribution in [3.63, 3.8) is 0 Å². The van der Waals surface area contributed by atoms with Crippen LogP contribution >= 0.6 is 11.9 Å². The maximum Gasteiger partial charge on any atom is 0.251 e. The van der Waals surface area contributed by atoms with Gasteiger partial charge in [0.1, 0.15) is 6.10 Å². The van der Waals surface area contributed by atoms with E-state index in [1.807, 2.05) is 72.8 Å². The second-order valence-corrected chi connectivity index (χ2v) is 10.7. The zero-order valence-corrected chi connectivity index (χ0v) is 22.1. The van der Waals surface area contributed by atoms with E-state index in [4.69, 9.17) is 0 Å². The van der Waals surface area contributed by atoms with Crippen LogP contribution in [-0.2, 0) is 17.8 Å². The fourth-order valence-electron chi connectivity index (χ4n) is 4.42. The van der Waals surface area contributed by atoms with E-state index in [0.29, 0.717) is 18.5 Å². The Morgan fingerprint density at radius 3 is 2.08 bits per heavy atom. The van der Waals surface area contributed by atoms with Gasteiger partial charge in [0.15, 0.2) is 0 Å². The Labute approximate surface area is 228 Å². The van der Waals surface area contributed by atoms with E-state index in [-0.39, 0.29) is 18.2 Å². The molecule has 1 saturated heterocycles. The fourth-order valence-corrected chi connectivity index (χ4v) is 5.42. The van der Waals surface area contributed by atoms with Gasteiger partial charge in [-0.05, 0) is 66.6 Å². The summed E-state index contributed by atoms with van der Waals surface area (Å²) in [5.74, 6) is -0.722. The van der Waals surface area contributed by atoms with Crippen LogP contribution in [0.4, 0.5) is 0 Å². The average molecular weight is 534 g/mol. The van der Waals surface area contributed by atoms with Gasteiger partial charge in [0.2, 0.25) is 5.91 Å². The molecule has 1 aliphatic heterocycles. The van der Waals surface area contributed by atoms with Crippen LogP contribution in [-0.4, -0.2) is 57.7 Å². The van der Waals surface area contributed by atoms with E-state index in [1.165, 1.54) is 12.8 Å². The number of carbonyl (C=O) groups excluding carboxylic acids is 2. The van der Waals surface area contributed by atoms with Gasteiger partial charge in [-0.1, -0.05) is 60.7 Å². The van der Waals surface area contributed by atoms with Crippen molar-refractivity contribution in [2.24, 2.45) is 0 Å². The molecule has 4 N–H and O–H groups in total. The molecule has 3 aromatic carbocycles. The normalized spacial score (nSPS) is 15.9. The molecule has 1 aliphatic rings. The van der Waals surface area contributed by atoms with Crippen molar-refractivity contribution in [1.29, 1.82) is 0 Å². The van der Waals surface area contributed by atoms with Crippen LogP contribution < -0.4 is 10.6 Å². The summed E-state index contributed by atoms with van der Waals surface area (Å²) in [5, 5.41) is 27.4. The van der Waals surface area contributed by atoms with Crippen molar-refractivity contribution in [2.45, 2.75) is 55.4 Å². The summed E-state index contributed by atoms with van der Waals surface area (Å²) in [7, 11) is 0. The smallest absolute Gasteiger partial charge is 0.251 e. The number of nitrogens with zero attached hydrogens (tertiary/aromatic N) is 1. The summed E-state index contributed by atoms with van der Waals surface area (Å²) in [6, 6.07) is 25.5. The number of rotatable bonds is 12. The minimum Gasteiger partial charge on any atom is -0.390 e. The highest BCUT2D eigenvalue weighted by molar-refractivity contribution is 7.97. The first-order valence-electron chi connectivity index (χ1n) is 13.0. The zero-order valence-electron chi connectivity index (χ0n) is 21.3. The molecule has 4 rings (SSSR count). The monoisotopic (exact) mass is 533 g/mol. The molecule has 0 saturated carbocycles. The molecular formula is C30H35N3O4S. The van der Waals surface area contributed by atoms with Gasteiger partial charge in [0.05, 0.1) is 18.6 Å². The Bertz CT molecular complexity index is 1160. The molecule has 1 heterocycles. The van der Waals surface area contributed by atoms with Gasteiger partial charge in [-0.25, -0.2) is 4.31 Å². The molecule has 0 unspecified atom stereocenters. The molecule has 38 heavy (non-hydrogen) atoms. The van der Waals surface area contributed by atoms with Gasteiger partial charge in [0, 0.05) is 30.1 Å². The Hall–Kier alpha value is -3.17. The van der Waals surface area contributed by atoms with Crippen LogP contribution in [0.5, 0.6) is 0 Å². The van der Waals surface area contributed by atoms with Gasteiger partial charge in [-0.15, -0.1) is 0 Å². The summed E-state index contributed by atoms with van der Waals surface area (Å²) < 4.78 is 2.32. The SMILES string of the molecule is O=C(C[C@@H](O)[C@H](O)[C@H](Cc1ccccc1)NC(=O)c1ccc(SN2CCCC2)cc1)NCc1ccccc1. The molecule has 0 aliphatic carbocycles. The maximum absolute atomic E-state index is 13.1. The lowest BCUT2D eigenvalue weighted by Gasteiger charge is -2.28. The Morgan fingerprint density at radius 2 is 1.45 bits per heavy atom. The maximum atomic E-state index is 13.1. The first-order valence-corrected chi connectivity index (χ1v) is 13.8. The predicted molar refractivity (Wildman–Crippen MR) is 149 cm³/mol. The number of nitrogens with one attached hydrogen (secondary N) is 2. The van der Waals surface area contributed by atoms with Crippen LogP contribution in [0.3, 0.4) is 0 Å². The van der Waals surface area contributed by atoms with Crippen molar-refractivity contribution >= 4 is 23.8 Å². The molecule has 7 nitrogen and oxygen atoms in total. The molecule has 0 spiro atoms. The van der Waals surface area contributed by atoms with Crippen molar-refractivity contribution < 1.29 is 19.8 Å².